The molecule has 2 aliphatic heterocycles. The van der Waals surface area contributed by atoms with Gasteiger partial charge in [-0.2, -0.15) is 4.98 Å². The number of hydrogen-bond acceptors (Lipinski definition) is 8. The lowest BCUT2D eigenvalue weighted by atomic mass is 9.96. The van der Waals surface area contributed by atoms with Gasteiger partial charge in [-0.05, 0) is 43.5 Å². The van der Waals surface area contributed by atoms with Crippen LogP contribution in [0.25, 0.3) is 22.6 Å². The minimum Gasteiger partial charge on any atom is -0.507 e. The Morgan fingerprint density at radius 2 is 2.06 bits per heavy atom. The van der Waals surface area contributed by atoms with Crippen molar-refractivity contribution in [2.24, 2.45) is 7.05 Å². The fraction of sp³-hybridized carbons (Fsp3) is 0.409. The molecule has 10 heteroatoms. The quantitative estimate of drug-likeness (QED) is 0.635. The van der Waals surface area contributed by atoms with Gasteiger partial charge in [0.05, 0.1) is 11.7 Å². The van der Waals surface area contributed by atoms with Crippen LogP contribution in [0.2, 0.25) is 0 Å². The second-order valence-corrected chi connectivity index (χ2v) is 8.49. The molecule has 4 atom stereocenters. The minimum atomic E-state index is -0.950. The van der Waals surface area contributed by atoms with Gasteiger partial charge >= 0.3 is 5.69 Å². The average Bonchev–Trinajstić information content (AvgIpc) is 3.21. The van der Waals surface area contributed by atoms with Crippen molar-refractivity contribution in [1.29, 1.82) is 0 Å². The topological polar surface area (TPSA) is 109 Å². The molecule has 2 fully saturated rings. The van der Waals surface area contributed by atoms with E-state index in [2.05, 4.69) is 25.5 Å². The minimum absolute atomic E-state index is 0.0269. The number of fused-ring (bicyclic) bond motifs is 2. The molecular weight excluding hydrogens is 413 g/mol. The van der Waals surface area contributed by atoms with Gasteiger partial charge in [0.25, 0.3) is 0 Å². The van der Waals surface area contributed by atoms with Crippen LogP contribution < -0.4 is 15.9 Å². The van der Waals surface area contributed by atoms with E-state index < -0.39 is 11.9 Å². The van der Waals surface area contributed by atoms with Crippen molar-refractivity contribution >= 4 is 5.82 Å². The van der Waals surface area contributed by atoms with Crippen LogP contribution in [-0.2, 0) is 7.05 Å². The first kappa shape index (κ1) is 20.5. The number of anilines is 1. The summed E-state index contributed by atoms with van der Waals surface area (Å²) in [6.07, 6.45) is 3.06. The van der Waals surface area contributed by atoms with Crippen LogP contribution in [0.3, 0.4) is 0 Å². The zero-order valence-electron chi connectivity index (χ0n) is 17.8. The third kappa shape index (κ3) is 3.60. The van der Waals surface area contributed by atoms with E-state index in [9.17, 15) is 14.3 Å². The van der Waals surface area contributed by atoms with Crippen LogP contribution in [0.1, 0.15) is 19.3 Å². The number of nitrogens with zero attached hydrogens (tertiary/aromatic N) is 6. The number of benzene rings is 1. The Morgan fingerprint density at radius 1 is 1.22 bits per heavy atom. The molecule has 2 bridgehead atoms. The predicted octanol–water partition coefficient (Wildman–Crippen LogP) is 1.67. The third-order valence-electron chi connectivity index (χ3n) is 6.45. The smallest absolute Gasteiger partial charge is 0.350 e. The summed E-state index contributed by atoms with van der Waals surface area (Å²) in [5.74, 6) is 0.794. The zero-order valence-corrected chi connectivity index (χ0v) is 17.8. The standard InChI is InChI=1S/C22H24FN7O2/c1-29-11-24-21(26-22(29)32)12-3-5-14(18(31)9-12)15-7-8-19(28-27-15)30(2)17-10-13-4-6-16(25-13)20(17)23/h3,5,7-9,11,13,16-17,20,25,31H,4,6,10H2,1-2H3/t13-,16+,17-,20+/m0/s1. The van der Waals surface area contributed by atoms with E-state index in [0.717, 1.165) is 19.3 Å². The van der Waals surface area contributed by atoms with Gasteiger partial charge < -0.3 is 15.3 Å². The van der Waals surface area contributed by atoms with Crippen molar-refractivity contribution in [3.63, 3.8) is 0 Å². The van der Waals surface area contributed by atoms with E-state index in [0.29, 0.717) is 28.7 Å². The number of phenols is 1. The summed E-state index contributed by atoms with van der Waals surface area (Å²) in [5, 5.41) is 22.4. The molecule has 2 N–H and O–H groups in total. The Balaban J connectivity index is 1.37. The number of aromatic nitrogens is 5. The lowest BCUT2D eigenvalue weighted by Gasteiger charge is -2.38. The molecule has 0 amide bonds. The molecule has 32 heavy (non-hydrogen) atoms. The van der Waals surface area contributed by atoms with Crippen molar-refractivity contribution in [3.8, 4) is 28.4 Å². The highest BCUT2D eigenvalue weighted by molar-refractivity contribution is 5.72. The Bertz CT molecular complexity index is 1200. The van der Waals surface area contributed by atoms with Gasteiger partial charge in [0, 0.05) is 37.3 Å². The van der Waals surface area contributed by atoms with E-state index in [-0.39, 0.29) is 23.7 Å². The summed E-state index contributed by atoms with van der Waals surface area (Å²) in [7, 11) is 3.41. The summed E-state index contributed by atoms with van der Waals surface area (Å²) in [5.41, 5.74) is 1.06. The Labute approximate surface area is 184 Å². The first-order valence-electron chi connectivity index (χ1n) is 10.6. The maximum atomic E-state index is 14.9. The van der Waals surface area contributed by atoms with Crippen molar-refractivity contribution in [2.75, 3.05) is 11.9 Å². The number of aromatic hydroxyl groups is 1. The van der Waals surface area contributed by atoms with Crippen molar-refractivity contribution in [3.05, 3.63) is 47.1 Å². The molecule has 3 aromatic rings. The lowest BCUT2D eigenvalue weighted by Crippen LogP contribution is -2.55. The molecule has 0 spiro atoms. The molecule has 4 heterocycles. The number of phenolic OH excluding ortho intramolecular Hbond substituents is 1. The molecular formula is C22H24FN7O2. The van der Waals surface area contributed by atoms with Crippen LogP contribution in [0, 0.1) is 0 Å². The number of rotatable bonds is 4. The fourth-order valence-electron chi connectivity index (χ4n) is 4.59. The monoisotopic (exact) mass is 437 g/mol. The number of alkyl halides is 1. The van der Waals surface area contributed by atoms with E-state index >= 15 is 0 Å². The highest BCUT2D eigenvalue weighted by Gasteiger charge is 2.43. The number of aryl methyl sites for hydroxylation is 1. The molecule has 166 valence electrons. The average molecular weight is 437 g/mol. The first-order valence-corrected chi connectivity index (χ1v) is 10.6. The number of hydrogen-bond donors (Lipinski definition) is 2. The van der Waals surface area contributed by atoms with Crippen molar-refractivity contribution < 1.29 is 9.50 Å². The summed E-state index contributed by atoms with van der Waals surface area (Å²) in [6.45, 7) is 0. The van der Waals surface area contributed by atoms with E-state index in [1.165, 1.54) is 17.0 Å². The zero-order chi connectivity index (χ0) is 22.4. The van der Waals surface area contributed by atoms with Crippen LogP contribution in [0.15, 0.2) is 41.5 Å². The molecule has 0 aliphatic carbocycles. The predicted molar refractivity (Wildman–Crippen MR) is 117 cm³/mol. The maximum Gasteiger partial charge on any atom is 0.350 e. The van der Waals surface area contributed by atoms with E-state index in [1.54, 1.807) is 31.3 Å². The number of nitrogens with one attached hydrogen (secondary N) is 1. The Hall–Kier alpha value is -3.40. The SMILES string of the molecule is CN(c1ccc(-c2ccc(-c3ncn(C)c(=O)n3)cc2O)nn1)[C@H]1C[C@@H]2CC[C@@H](N2)[C@H]1F. The normalized spacial score (nSPS) is 24.5. The highest BCUT2D eigenvalue weighted by atomic mass is 19.1. The molecule has 0 radical (unpaired) electrons. The van der Waals surface area contributed by atoms with E-state index in [1.807, 2.05) is 11.9 Å². The summed E-state index contributed by atoms with van der Waals surface area (Å²) >= 11 is 0. The van der Waals surface area contributed by atoms with Crippen molar-refractivity contribution in [1.82, 2.24) is 30.0 Å². The molecule has 9 nitrogen and oxygen atoms in total. The number of piperidine rings is 1. The first-order chi connectivity index (χ1) is 15.4. The summed E-state index contributed by atoms with van der Waals surface area (Å²) in [4.78, 5) is 21.6. The van der Waals surface area contributed by atoms with Crippen LogP contribution in [0.5, 0.6) is 5.75 Å². The second kappa shape index (κ2) is 7.94. The molecule has 2 saturated heterocycles. The second-order valence-electron chi connectivity index (χ2n) is 8.49. The molecule has 1 aromatic carbocycles. The highest BCUT2D eigenvalue weighted by Crippen LogP contribution is 2.34. The molecule has 2 aliphatic rings. The van der Waals surface area contributed by atoms with Crippen molar-refractivity contribution in [2.45, 2.75) is 43.6 Å². The summed E-state index contributed by atoms with van der Waals surface area (Å²) < 4.78 is 16.2. The fourth-order valence-corrected chi connectivity index (χ4v) is 4.59. The maximum absolute atomic E-state index is 14.9. The Morgan fingerprint density at radius 3 is 2.78 bits per heavy atom. The van der Waals surface area contributed by atoms with Gasteiger partial charge in [-0.1, -0.05) is 6.07 Å². The van der Waals surface area contributed by atoms with Crippen LogP contribution in [0.4, 0.5) is 10.2 Å². The Kier molecular flexibility index (Phi) is 5.09. The molecule has 0 unspecified atom stereocenters. The number of halogens is 1. The molecule has 0 saturated carbocycles. The summed E-state index contributed by atoms with van der Waals surface area (Å²) in [6, 6.07) is 8.46. The lowest BCUT2D eigenvalue weighted by molar-refractivity contribution is 0.176. The van der Waals surface area contributed by atoms with Crippen LogP contribution >= 0.6 is 0 Å². The molecule has 2 aromatic heterocycles. The van der Waals surface area contributed by atoms with Gasteiger partial charge in [0.1, 0.15) is 18.2 Å². The van der Waals surface area contributed by atoms with Gasteiger partial charge in [0.2, 0.25) is 0 Å². The van der Waals surface area contributed by atoms with E-state index in [4.69, 9.17) is 0 Å². The third-order valence-corrected chi connectivity index (χ3v) is 6.45. The largest absolute Gasteiger partial charge is 0.507 e. The van der Waals surface area contributed by atoms with Gasteiger partial charge in [-0.3, -0.25) is 4.57 Å². The van der Waals surface area contributed by atoms with Gasteiger partial charge in [-0.15, -0.1) is 10.2 Å². The van der Waals surface area contributed by atoms with Gasteiger partial charge in [-0.25, -0.2) is 14.2 Å². The van der Waals surface area contributed by atoms with Gasteiger partial charge in [0.15, 0.2) is 11.6 Å². The molecule has 5 rings (SSSR count). The van der Waals surface area contributed by atoms with Crippen LogP contribution in [-0.4, -0.2) is 61.2 Å².